The summed E-state index contributed by atoms with van der Waals surface area (Å²) in [6.45, 7) is 7.70. The van der Waals surface area contributed by atoms with Gasteiger partial charge in [0.2, 0.25) is 5.91 Å². The third-order valence-corrected chi connectivity index (χ3v) is 5.55. The highest BCUT2D eigenvalue weighted by molar-refractivity contribution is 14.0. The highest BCUT2D eigenvalue weighted by Crippen LogP contribution is 2.35. The first-order valence-electron chi connectivity index (χ1n) is 10.1. The van der Waals surface area contributed by atoms with Crippen molar-refractivity contribution in [2.45, 2.75) is 46.0 Å². The number of fused-ring (bicyclic) bond motifs is 1. The molecule has 150 valence electrons. The molecule has 2 N–H and O–H groups in total. The van der Waals surface area contributed by atoms with Crippen LogP contribution in [0.2, 0.25) is 0 Å². The van der Waals surface area contributed by atoms with Crippen LogP contribution in [0.25, 0.3) is 0 Å². The van der Waals surface area contributed by atoms with Gasteiger partial charge in [-0.2, -0.15) is 0 Å². The van der Waals surface area contributed by atoms with Crippen molar-refractivity contribution in [2.75, 3.05) is 31.5 Å². The van der Waals surface area contributed by atoms with E-state index in [1.165, 1.54) is 51.3 Å². The minimum absolute atomic E-state index is 0. The Bertz CT molecular complexity index is 618. The molecular weight excluding hydrogens is 451 g/mol. The fourth-order valence-corrected chi connectivity index (χ4v) is 4.25. The summed E-state index contributed by atoms with van der Waals surface area (Å²) < 4.78 is 0. The third kappa shape index (κ3) is 6.36. The fourth-order valence-electron chi connectivity index (χ4n) is 4.25. The molecule has 2 fully saturated rings. The van der Waals surface area contributed by atoms with Crippen molar-refractivity contribution in [3.05, 3.63) is 29.8 Å². The zero-order valence-electron chi connectivity index (χ0n) is 16.5. The maximum absolute atomic E-state index is 11.1. The number of likely N-dealkylation sites (tertiary alicyclic amines) is 1. The van der Waals surface area contributed by atoms with Crippen LogP contribution in [0, 0.1) is 11.8 Å². The molecule has 6 heteroatoms. The number of rotatable bonds is 5. The number of hydrogen-bond acceptors (Lipinski definition) is 2. The number of aliphatic imine (C=N–C) groups is 1. The molecule has 0 aromatic heterocycles. The second-order valence-electron chi connectivity index (χ2n) is 7.57. The van der Waals surface area contributed by atoms with Gasteiger partial charge in [0, 0.05) is 38.8 Å². The number of halogens is 1. The summed E-state index contributed by atoms with van der Waals surface area (Å²) in [5.74, 6) is 2.78. The normalized spacial score (nSPS) is 22.0. The van der Waals surface area contributed by atoms with Crippen LogP contribution in [0.1, 0.15) is 45.1 Å². The van der Waals surface area contributed by atoms with E-state index >= 15 is 0 Å². The molecule has 3 rings (SSSR count). The number of carbonyl (C=O) groups excluding carboxylic acids is 1. The second-order valence-corrected chi connectivity index (χ2v) is 7.57. The van der Waals surface area contributed by atoms with E-state index in [4.69, 9.17) is 4.99 Å². The van der Waals surface area contributed by atoms with E-state index < -0.39 is 0 Å². The Morgan fingerprint density at radius 1 is 1.15 bits per heavy atom. The zero-order valence-corrected chi connectivity index (χ0v) is 18.9. The molecule has 0 bridgehead atoms. The lowest BCUT2D eigenvalue weighted by Crippen LogP contribution is -2.40. The molecule has 27 heavy (non-hydrogen) atoms. The SMILES string of the molecule is CCNC(=NCCc1ccc(NC(C)=O)cc1)N1CC2CCCCC2C1.I. The molecule has 1 aromatic rings. The average molecular weight is 484 g/mol. The molecule has 5 nitrogen and oxygen atoms in total. The molecule has 1 amide bonds. The highest BCUT2D eigenvalue weighted by Gasteiger charge is 2.35. The Kier molecular flexibility index (Phi) is 8.86. The van der Waals surface area contributed by atoms with Gasteiger partial charge in [0.05, 0.1) is 0 Å². The lowest BCUT2D eigenvalue weighted by molar-refractivity contribution is -0.114. The van der Waals surface area contributed by atoms with Crippen LogP contribution < -0.4 is 10.6 Å². The molecule has 2 unspecified atom stereocenters. The van der Waals surface area contributed by atoms with Crippen molar-refractivity contribution < 1.29 is 4.79 Å². The standard InChI is InChI=1S/C21H32N4O.HI/c1-3-22-21(25-14-18-6-4-5-7-19(18)15-25)23-13-12-17-8-10-20(11-9-17)24-16(2)26;/h8-11,18-19H,3-7,12-15H2,1-2H3,(H,22,23)(H,24,26);1H. The Balaban J connectivity index is 0.00000261. The van der Waals surface area contributed by atoms with Gasteiger partial charge in [-0.15, -0.1) is 24.0 Å². The number of amides is 1. The first-order chi connectivity index (χ1) is 12.7. The number of hydrogen-bond donors (Lipinski definition) is 2. The van der Waals surface area contributed by atoms with Gasteiger partial charge in [-0.25, -0.2) is 0 Å². The van der Waals surface area contributed by atoms with E-state index in [0.29, 0.717) is 0 Å². The van der Waals surface area contributed by atoms with Crippen LogP contribution in [0.4, 0.5) is 5.69 Å². The summed E-state index contributed by atoms with van der Waals surface area (Å²) in [6.07, 6.45) is 6.49. The van der Waals surface area contributed by atoms with E-state index in [9.17, 15) is 4.79 Å². The number of nitrogens with one attached hydrogen (secondary N) is 2. The van der Waals surface area contributed by atoms with Crippen molar-refractivity contribution in [3.8, 4) is 0 Å². The van der Waals surface area contributed by atoms with Crippen molar-refractivity contribution >= 4 is 41.5 Å². The van der Waals surface area contributed by atoms with E-state index in [-0.39, 0.29) is 29.9 Å². The largest absolute Gasteiger partial charge is 0.357 e. The lowest BCUT2D eigenvalue weighted by atomic mass is 9.82. The zero-order chi connectivity index (χ0) is 18.4. The summed E-state index contributed by atoms with van der Waals surface area (Å²) in [4.78, 5) is 18.4. The Labute approximate surface area is 180 Å². The van der Waals surface area contributed by atoms with Crippen molar-refractivity contribution in [3.63, 3.8) is 0 Å². The number of anilines is 1. The van der Waals surface area contributed by atoms with Crippen LogP contribution in [0.3, 0.4) is 0 Å². The molecule has 1 aromatic carbocycles. The molecule has 1 saturated carbocycles. The summed E-state index contributed by atoms with van der Waals surface area (Å²) in [7, 11) is 0. The first kappa shape index (κ1) is 22.0. The Morgan fingerprint density at radius 2 is 1.78 bits per heavy atom. The molecular formula is C21H33IN4O. The predicted molar refractivity (Wildman–Crippen MR) is 123 cm³/mol. The smallest absolute Gasteiger partial charge is 0.221 e. The molecule has 0 radical (unpaired) electrons. The van der Waals surface area contributed by atoms with Gasteiger partial charge in [-0.05, 0) is 55.7 Å². The van der Waals surface area contributed by atoms with E-state index in [1.54, 1.807) is 0 Å². The van der Waals surface area contributed by atoms with Gasteiger partial charge < -0.3 is 15.5 Å². The predicted octanol–water partition coefficient (Wildman–Crippen LogP) is 3.89. The van der Waals surface area contributed by atoms with Crippen LogP contribution in [0.15, 0.2) is 29.3 Å². The van der Waals surface area contributed by atoms with Gasteiger partial charge in [0.15, 0.2) is 5.96 Å². The maximum atomic E-state index is 11.1. The molecule has 1 heterocycles. The Morgan fingerprint density at radius 3 is 2.33 bits per heavy atom. The van der Waals surface area contributed by atoms with E-state index in [2.05, 4.69) is 34.6 Å². The summed E-state index contributed by atoms with van der Waals surface area (Å²) in [5.41, 5.74) is 2.09. The van der Waals surface area contributed by atoms with Gasteiger partial charge in [-0.1, -0.05) is 25.0 Å². The van der Waals surface area contributed by atoms with Gasteiger partial charge in [-0.3, -0.25) is 9.79 Å². The number of carbonyl (C=O) groups is 1. The van der Waals surface area contributed by atoms with Crippen molar-refractivity contribution in [1.82, 2.24) is 10.2 Å². The van der Waals surface area contributed by atoms with E-state index in [0.717, 1.165) is 43.0 Å². The Hall–Kier alpha value is -1.31. The van der Waals surface area contributed by atoms with Crippen molar-refractivity contribution in [2.24, 2.45) is 16.8 Å². The van der Waals surface area contributed by atoms with Gasteiger partial charge >= 0.3 is 0 Å². The minimum atomic E-state index is -0.0381. The van der Waals surface area contributed by atoms with E-state index in [1.807, 2.05) is 12.1 Å². The second kappa shape index (κ2) is 10.9. The number of nitrogens with zero attached hydrogens (tertiary/aromatic N) is 2. The van der Waals surface area contributed by atoms with Crippen molar-refractivity contribution in [1.29, 1.82) is 0 Å². The molecule has 1 aliphatic heterocycles. The highest BCUT2D eigenvalue weighted by atomic mass is 127. The summed E-state index contributed by atoms with van der Waals surface area (Å²) in [5, 5.41) is 6.28. The quantitative estimate of drug-likeness (QED) is 0.379. The number of benzene rings is 1. The third-order valence-electron chi connectivity index (χ3n) is 5.55. The summed E-state index contributed by atoms with van der Waals surface area (Å²) in [6, 6.07) is 8.05. The fraction of sp³-hybridized carbons (Fsp3) is 0.619. The lowest BCUT2D eigenvalue weighted by Gasteiger charge is -2.22. The molecule has 1 aliphatic carbocycles. The van der Waals surface area contributed by atoms with Crippen LogP contribution >= 0.6 is 24.0 Å². The minimum Gasteiger partial charge on any atom is -0.357 e. The van der Waals surface area contributed by atoms with Crippen LogP contribution in [-0.4, -0.2) is 42.9 Å². The topological polar surface area (TPSA) is 56.7 Å². The van der Waals surface area contributed by atoms with Crippen LogP contribution in [0.5, 0.6) is 0 Å². The average Bonchev–Trinajstić information content (AvgIpc) is 3.06. The molecule has 2 aliphatic rings. The molecule has 2 atom stereocenters. The monoisotopic (exact) mass is 484 g/mol. The number of guanidine groups is 1. The first-order valence-corrected chi connectivity index (χ1v) is 10.1. The summed E-state index contributed by atoms with van der Waals surface area (Å²) >= 11 is 0. The van der Waals surface area contributed by atoms with Crippen LogP contribution in [-0.2, 0) is 11.2 Å². The molecule has 1 saturated heterocycles. The molecule has 0 spiro atoms. The van der Waals surface area contributed by atoms with Gasteiger partial charge in [0.25, 0.3) is 0 Å². The maximum Gasteiger partial charge on any atom is 0.221 e. The van der Waals surface area contributed by atoms with Gasteiger partial charge in [0.1, 0.15) is 0 Å².